The highest BCUT2D eigenvalue weighted by atomic mass is 35.5. The first-order chi connectivity index (χ1) is 12.0. The van der Waals surface area contributed by atoms with E-state index in [4.69, 9.17) is 17.3 Å². The molecule has 0 saturated heterocycles. The maximum absolute atomic E-state index is 12.9. The molecule has 1 unspecified atom stereocenters. The number of esters is 1. The third-order valence-electron chi connectivity index (χ3n) is 3.80. The van der Waals surface area contributed by atoms with Crippen LogP contribution >= 0.6 is 11.6 Å². The Labute approximate surface area is 150 Å². The number of benzene rings is 1. The van der Waals surface area contributed by atoms with Gasteiger partial charge in [0.1, 0.15) is 5.92 Å². The lowest BCUT2D eigenvalue weighted by atomic mass is 9.84. The molecule has 2 rings (SSSR count). The number of nitrogens with two attached hydrogens (primary N) is 1. The summed E-state index contributed by atoms with van der Waals surface area (Å²) < 4.78 is 43.3. The minimum atomic E-state index is -4.69. The summed E-state index contributed by atoms with van der Waals surface area (Å²) in [6.07, 6.45) is -4.69. The maximum Gasteiger partial charge on any atom is 0.417 e. The van der Waals surface area contributed by atoms with Gasteiger partial charge in [0, 0.05) is 5.70 Å². The Balaban J connectivity index is 2.71. The summed E-state index contributed by atoms with van der Waals surface area (Å²) in [6, 6.07) is 2.63. The SMILES string of the molecule is COC(=O)C1=C(C)NC(N)=C([N+](=O)[O-])C1c1ccc(C(F)(F)F)c(Cl)c1. The molecule has 1 aliphatic heterocycles. The molecule has 1 aromatic carbocycles. The average molecular weight is 392 g/mol. The van der Waals surface area contributed by atoms with Gasteiger partial charge in [-0.2, -0.15) is 13.2 Å². The van der Waals surface area contributed by atoms with Crippen molar-refractivity contribution in [3.63, 3.8) is 0 Å². The van der Waals surface area contributed by atoms with Gasteiger partial charge in [0.2, 0.25) is 0 Å². The van der Waals surface area contributed by atoms with Crippen LogP contribution in [-0.4, -0.2) is 18.0 Å². The largest absolute Gasteiger partial charge is 0.466 e. The van der Waals surface area contributed by atoms with Crippen LogP contribution in [0.4, 0.5) is 13.2 Å². The fourth-order valence-electron chi connectivity index (χ4n) is 2.69. The number of nitrogens with one attached hydrogen (secondary N) is 1. The predicted molar refractivity (Wildman–Crippen MR) is 85.3 cm³/mol. The minimum Gasteiger partial charge on any atom is -0.466 e. The van der Waals surface area contributed by atoms with E-state index in [1.807, 2.05) is 0 Å². The van der Waals surface area contributed by atoms with Gasteiger partial charge in [0.25, 0.3) is 5.70 Å². The Hall–Kier alpha value is -2.75. The molecule has 0 saturated carbocycles. The van der Waals surface area contributed by atoms with Gasteiger partial charge in [-0.15, -0.1) is 0 Å². The van der Waals surface area contributed by atoms with Crippen LogP contribution in [0.15, 0.2) is 41.0 Å². The predicted octanol–water partition coefficient (Wildman–Crippen LogP) is 2.90. The number of alkyl halides is 3. The van der Waals surface area contributed by atoms with Crippen LogP contribution in [0.25, 0.3) is 0 Å². The molecule has 140 valence electrons. The number of carbonyl (C=O) groups excluding carboxylic acids is 1. The lowest BCUT2D eigenvalue weighted by Crippen LogP contribution is -2.35. The molecule has 1 aliphatic rings. The lowest BCUT2D eigenvalue weighted by Gasteiger charge is -2.26. The Morgan fingerprint density at radius 2 is 2.04 bits per heavy atom. The van der Waals surface area contributed by atoms with E-state index in [1.54, 1.807) is 0 Å². The molecule has 3 N–H and O–H groups in total. The van der Waals surface area contributed by atoms with Crippen LogP contribution in [0.1, 0.15) is 24.0 Å². The second-order valence-corrected chi connectivity index (χ2v) is 5.79. The smallest absolute Gasteiger partial charge is 0.417 e. The number of carbonyl (C=O) groups is 1. The van der Waals surface area contributed by atoms with Gasteiger partial charge >= 0.3 is 12.1 Å². The van der Waals surface area contributed by atoms with Crippen LogP contribution in [0.2, 0.25) is 5.02 Å². The summed E-state index contributed by atoms with van der Waals surface area (Å²) in [4.78, 5) is 22.8. The Morgan fingerprint density at radius 3 is 2.50 bits per heavy atom. The van der Waals surface area contributed by atoms with Crippen molar-refractivity contribution in [3.8, 4) is 0 Å². The van der Waals surface area contributed by atoms with Gasteiger partial charge in [-0.1, -0.05) is 17.7 Å². The molecule has 1 atom stereocenters. The molecule has 0 spiro atoms. The fourth-order valence-corrected chi connectivity index (χ4v) is 2.99. The number of nitrogens with zero attached hydrogens (tertiary/aromatic N) is 1. The molecule has 0 amide bonds. The Kier molecular flexibility index (Phi) is 5.17. The molecule has 7 nitrogen and oxygen atoms in total. The van der Waals surface area contributed by atoms with Crippen LogP contribution < -0.4 is 11.1 Å². The van der Waals surface area contributed by atoms with Crippen LogP contribution in [0, 0.1) is 10.1 Å². The van der Waals surface area contributed by atoms with Gasteiger partial charge < -0.3 is 15.8 Å². The van der Waals surface area contributed by atoms with Crippen molar-refractivity contribution >= 4 is 17.6 Å². The molecule has 0 fully saturated rings. The molecule has 0 radical (unpaired) electrons. The van der Waals surface area contributed by atoms with E-state index in [9.17, 15) is 28.1 Å². The molecule has 0 bridgehead atoms. The number of halogens is 4. The number of methoxy groups -OCH3 is 1. The second kappa shape index (κ2) is 6.87. The van der Waals surface area contributed by atoms with E-state index in [2.05, 4.69) is 10.1 Å². The molecule has 0 aromatic heterocycles. The summed E-state index contributed by atoms with van der Waals surface area (Å²) in [6.45, 7) is 1.44. The van der Waals surface area contributed by atoms with Gasteiger partial charge in [0.15, 0.2) is 5.82 Å². The van der Waals surface area contributed by atoms with Gasteiger partial charge in [-0.05, 0) is 24.6 Å². The summed E-state index contributed by atoms with van der Waals surface area (Å²) in [5.41, 5.74) is 4.01. The van der Waals surface area contributed by atoms with Crippen molar-refractivity contribution < 1.29 is 27.6 Å². The van der Waals surface area contributed by atoms with E-state index in [1.165, 1.54) is 6.92 Å². The quantitative estimate of drug-likeness (QED) is 0.466. The monoisotopic (exact) mass is 391 g/mol. The van der Waals surface area contributed by atoms with Crippen LogP contribution in [0.3, 0.4) is 0 Å². The number of allylic oxidation sites excluding steroid dienone is 2. The molecule has 1 aromatic rings. The van der Waals surface area contributed by atoms with E-state index in [-0.39, 0.29) is 22.7 Å². The molecular formula is C15H13ClF3N3O4. The third kappa shape index (κ3) is 3.45. The van der Waals surface area contributed by atoms with Crippen molar-refractivity contribution in [1.29, 1.82) is 0 Å². The van der Waals surface area contributed by atoms with E-state index >= 15 is 0 Å². The standard InChI is InChI=1S/C15H13ClF3N3O4/c1-6-10(14(23)26-2)11(12(22(24)25)13(20)21-6)7-3-4-8(9(16)5-7)15(17,18)19/h3-5,11,21H,20H2,1-2H3. The first-order valence-corrected chi connectivity index (χ1v) is 7.43. The summed E-state index contributed by atoms with van der Waals surface area (Å²) in [5.74, 6) is -2.57. The van der Waals surface area contributed by atoms with Crippen LogP contribution in [0.5, 0.6) is 0 Å². The molecule has 26 heavy (non-hydrogen) atoms. The highest BCUT2D eigenvalue weighted by Gasteiger charge is 2.42. The van der Waals surface area contributed by atoms with Crippen molar-refractivity contribution in [2.45, 2.75) is 19.0 Å². The van der Waals surface area contributed by atoms with Gasteiger partial charge in [-0.25, -0.2) is 4.79 Å². The van der Waals surface area contributed by atoms with Crippen molar-refractivity contribution in [2.24, 2.45) is 5.73 Å². The number of rotatable bonds is 3. The number of hydrogen-bond acceptors (Lipinski definition) is 6. The first kappa shape index (κ1) is 19.6. The average Bonchev–Trinajstić information content (AvgIpc) is 2.51. The second-order valence-electron chi connectivity index (χ2n) is 5.38. The third-order valence-corrected chi connectivity index (χ3v) is 4.11. The Morgan fingerprint density at radius 1 is 1.42 bits per heavy atom. The van der Waals surface area contributed by atoms with Gasteiger partial charge in [-0.3, -0.25) is 10.1 Å². The topological polar surface area (TPSA) is 107 Å². The number of nitro groups is 1. The molecule has 1 heterocycles. The van der Waals surface area contributed by atoms with Gasteiger partial charge in [0.05, 0.1) is 28.2 Å². The van der Waals surface area contributed by atoms with E-state index < -0.39 is 39.3 Å². The van der Waals surface area contributed by atoms with E-state index in [0.29, 0.717) is 6.07 Å². The lowest BCUT2D eigenvalue weighted by molar-refractivity contribution is -0.431. The fraction of sp³-hybridized carbons (Fsp3) is 0.267. The van der Waals surface area contributed by atoms with Crippen molar-refractivity contribution in [3.05, 3.63) is 67.3 Å². The first-order valence-electron chi connectivity index (χ1n) is 7.05. The normalized spacial score (nSPS) is 17.8. The molecule has 0 aliphatic carbocycles. The summed E-state index contributed by atoms with van der Waals surface area (Å²) in [5, 5.41) is 13.3. The maximum atomic E-state index is 12.9. The number of hydrogen-bond donors (Lipinski definition) is 2. The highest BCUT2D eigenvalue weighted by Crippen LogP contribution is 2.41. The Bertz CT molecular complexity index is 849. The minimum absolute atomic E-state index is 0.00102. The van der Waals surface area contributed by atoms with Crippen molar-refractivity contribution in [1.82, 2.24) is 5.32 Å². The summed E-state index contributed by atoms with van der Waals surface area (Å²) >= 11 is 5.71. The zero-order valence-electron chi connectivity index (χ0n) is 13.5. The number of ether oxygens (including phenoxy) is 1. The van der Waals surface area contributed by atoms with E-state index in [0.717, 1.165) is 19.2 Å². The highest BCUT2D eigenvalue weighted by molar-refractivity contribution is 6.31. The summed E-state index contributed by atoms with van der Waals surface area (Å²) in [7, 11) is 1.08. The molecule has 11 heteroatoms. The number of dihydropyridines is 1. The zero-order valence-corrected chi connectivity index (χ0v) is 14.2. The molecular weight excluding hydrogens is 379 g/mol. The zero-order chi connectivity index (χ0) is 19.8. The van der Waals surface area contributed by atoms with Crippen LogP contribution in [-0.2, 0) is 15.7 Å². The van der Waals surface area contributed by atoms with Crippen molar-refractivity contribution in [2.75, 3.05) is 7.11 Å².